The summed E-state index contributed by atoms with van der Waals surface area (Å²) in [7, 11) is 0. The zero-order valence-electron chi connectivity index (χ0n) is 10.9. The zero-order chi connectivity index (χ0) is 11.8. The highest BCUT2D eigenvalue weighted by Gasteiger charge is 2.41. The molecule has 3 aliphatic rings. The van der Waals surface area contributed by atoms with Gasteiger partial charge < -0.3 is 15.3 Å². The average molecular weight is 238 g/mol. The van der Waals surface area contributed by atoms with Gasteiger partial charge in [0.25, 0.3) is 0 Å². The quantitative estimate of drug-likeness (QED) is 0.752. The van der Waals surface area contributed by atoms with Gasteiger partial charge in [0, 0.05) is 31.6 Å². The molecule has 0 aromatic carbocycles. The van der Waals surface area contributed by atoms with Gasteiger partial charge in [-0.1, -0.05) is 6.92 Å². The lowest BCUT2D eigenvalue weighted by Crippen LogP contribution is -2.34. The van der Waals surface area contributed by atoms with Crippen LogP contribution in [0.15, 0.2) is 0 Å². The average Bonchev–Trinajstić information content (AvgIpc) is 2.96. The topological polar surface area (TPSA) is 35.5 Å². The van der Waals surface area contributed by atoms with Crippen LogP contribution in [0.1, 0.15) is 32.6 Å². The molecule has 0 amide bonds. The number of nitrogens with one attached hydrogen (secondary N) is 1. The number of rotatable bonds is 5. The Morgan fingerprint density at radius 2 is 2.06 bits per heavy atom. The lowest BCUT2D eigenvalue weighted by molar-refractivity contribution is 0.122. The smallest absolute Gasteiger partial charge is 0.0583 e. The molecule has 0 bridgehead atoms. The summed E-state index contributed by atoms with van der Waals surface area (Å²) < 4.78 is 0. The molecule has 1 aliphatic heterocycles. The van der Waals surface area contributed by atoms with Crippen LogP contribution in [0.25, 0.3) is 0 Å². The summed E-state index contributed by atoms with van der Waals surface area (Å²) in [4.78, 5) is 2.58. The molecule has 4 unspecified atom stereocenters. The van der Waals surface area contributed by atoms with Crippen LogP contribution >= 0.6 is 0 Å². The maximum absolute atomic E-state index is 9.90. The van der Waals surface area contributed by atoms with E-state index in [1.807, 2.05) is 0 Å². The van der Waals surface area contributed by atoms with Crippen molar-refractivity contribution in [2.45, 2.75) is 44.8 Å². The van der Waals surface area contributed by atoms with Crippen molar-refractivity contribution < 1.29 is 5.11 Å². The van der Waals surface area contributed by atoms with Crippen molar-refractivity contribution >= 4 is 0 Å². The lowest BCUT2D eigenvalue weighted by Gasteiger charge is -2.22. The van der Waals surface area contributed by atoms with Gasteiger partial charge in [-0.3, -0.25) is 0 Å². The Labute approximate surface area is 105 Å². The van der Waals surface area contributed by atoms with E-state index in [0.717, 1.165) is 30.8 Å². The van der Waals surface area contributed by atoms with Crippen molar-refractivity contribution in [1.82, 2.24) is 10.2 Å². The molecule has 3 fully saturated rings. The number of hydrogen-bond acceptors (Lipinski definition) is 3. The van der Waals surface area contributed by atoms with Crippen molar-refractivity contribution in [3.8, 4) is 0 Å². The largest absolute Gasteiger partial charge is 0.393 e. The van der Waals surface area contributed by atoms with Crippen molar-refractivity contribution in [2.75, 3.05) is 26.2 Å². The summed E-state index contributed by atoms with van der Waals surface area (Å²) in [6, 6.07) is 0.831. The van der Waals surface area contributed by atoms with Gasteiger partial charge >= 0.3 is 0 Å². The predicted octanol–water partition coefficient (Wildman–Crippen LogP) is 1.08. The van der Waals surface area contributed by atoms with Crippen LogP contribution in [0.2, 0.25) is 0 Å². The minimum Gasteiger partial charge on any atom is -0.393 e. The minimum atomic E-state index is -0.00936. The van der Waals surface area contributed by atoms with Gasteiger partial charge in [-0.15, -0.1) is 0 Å². The molecule has 98 valence electrons. The molecule has 0 spiro atoms. The molecule has 0 radical (unpaired) electrons. The molecule has 0 aromatic rings. The van der Waals surface area contributed by atoms with Crippen molar-refractivity contribution in [3.63, 3.8) is 0 Å². The molecule has 2 aliphatic carbocycles. The van der Waals surface area contributed by atoms with Crippen LogP contribution in [0.5, 0.6) is 0 Å². The highest BCUT2D eigenvalue weighted by molar-refractivity contribution is 4.94. The van der Waals surface area contributed by atoms with Crippen LogP contribution in [-0.2, 0) is 0 Å². The van der Waals surface area contributed by atoms with Gasteiger partial charge in [-0.2, -0.15) is 0 Å². The third kappa shape index (κ3) is 2.83. The second-order valence-corrected chi connectivity index (χ2v) is 6.57. The second kappa shape index (κ2) is 4.87. The van der Waals surface area contributed by atoms with Crippen LogP contribution in [0.4, 0.5) is 0 Å². The third-order valence-corrected chi connectivity index (χ3v) is 4.80. The first kappa shape index (κ1) is 11.9. The maximum Gasteiger partial charge on any atom is 0.0583 e. The molecule has 3 heteroatoms. The Morgan fingerprint density at radius 3 is 2.76 bits per heavy atom. The van der Waals surface area contributed by atoms with Crippen LogP contribution in [0, 0.1) is 17.8 Å². The van der Waals surface area contributed by atoms with E-state index < -0.39 is 0 Å². The van der Waals surface area contributed by atoms with Crippen LogP contribution < -0.4 is 5.32 Å². The fourth-order valence-electron chi connectivity index (χ4n) is 3.64. The van der Waals surface area contributed by atoms with E-state index in [1.54, 1.807) is 0 Å². The van der Waals surface area contributed by atoms with Gasteiger partial charge in [-0.25, -0.2) is 0 Å². The Balaban J connectivity index is 1.40. The van der Waals surface area contributed by atoms with Gasteiger partial charge in [0.1, 0.15) is 0 Å². The third-order valence-electron chi connectivity index (χ3n) is 4.80. The van der Waals surface area contributed by atoms with Gasteiger partial charge in [0.05, 0.1) is 6.10 Å². The summed E-state index contributed by atoms with van der Waals surface area (Å²) in [5.74, 6) is 2.11. The van der Waals surface area contributed by atoms with E-state index in [-0.39, 0.29) is 6.10 Å². The Hall–Kier alpha value is -0.120. The fraction of sp³-hybridized carbons (Fsp3) is 1.00. The number of hydrogen-bond donors (Lipinski definition) is 2. The molecule has 2 N–H and O–H groups in total. The number of aliphatic hydroxyl groups is 1. The SMILES string of the molecule is CC(CNC1CC1)CN1CC2CCC(O)C2C1. The number of likely N-dealkylation sites (tertiary alicyclic amines) is 1. The molecule has 17 heavy (non-hydrogen) atoms. The van der Waals surface area contributed by atoms with Crippen molar-refractivity contribution in [3.05, 3.63) is 0 Å². The fourth-order valence-corrected chi connectivity index (χ4v) is 3.64. The molecule has 3 nitrogen and oxygen atoms in total. The molecule has 3 rings (SSSR count). The first-order chi connectivity index (χ1) is 8.22. The predicted molar refractivity (Wildman–Crippen MR) is 68.8 cm³/mol. The first-order valence-electron chi connectivity index (χ1n) is 7.36. The number of aliphatic hydroxyl groups excluding tert-OH is 1. The summed E-state index contributed by atoms with van der Waals surface area (Å²) in [5, 5.41) is 13.5. The number of nitrogens with zero attached hydrogens (tertiary/aromatic N) is 1. The molecular formula is C14H26N2O. The standard InChI is InChI=1S/C14H26N2O/c1-10(6-15-12-3-4-12)7-16-8-11-2-5-14(17)13(11)9-16/h10-15,17H,2-9H2,1H3. The van der Waals surface area contributed by atoms with E-state index in [9.17, 15) is 5.11 Å². The zero-order valence-corrected chi connectivity index (χ0v) is 10.9. The normalized spacial score (nSPS) is 39.5. The molecule has 0 aromatic heterocycles. The van der Waals surface area contributed by atoms with Crippen LogP contribution in [0.3, 0.4) is 0 Å². The highest BCUT2D eigenvalue weighted by Crippen LogP contribution is 2.38. The Kier molecular flexibility index (Phi) is 3.42. The van der Waals surface area contributed by atoms with Gasteiger partial charge in [0.2, 0.25) is 0 Å². The number of fused-ring (bicyclic) bond motifs is 1. The van der Waals surface area contributed by atoms with E-state index in [2.05, 4.69) is 17.1 Å². The van der Waals surface area contributed by atoms with E-state index in [1.165, 1.54) is 38.9 Å². The summed E-state index contributed by atoms with van der Waals surface area (Å²) >= 11 is 0. The minimum absolute atomic E-state index is 0.00936. The van der Waals surface area contributed by atoms with Gasteiger partial charge in [-0.05, 0) is 44.1 Å². The van der Waals surface area contributed by atoms with E-state index >= 15 is 0 Å². The van der Waals surface area contributed by atoms with E-state index in [4.69, 9.17) is 0 Å². The highest BCUT2D eigenvalue weighted by atomic mass is 16.3. The lowest BCUT2D eigenvalue weighted by atomic mass is 10.00. The van der Waals surface area contributed by atoms with Crippen LogP contribution in [-0.4, -0.2) is 48.3 Å². The van der Waals surface area contributed by atoms with Crippen molar-refractivity contribution in [2.24, 2.45) is 17.8 Å². The maximum atomic E-state index is 9.90. The Bertz CT molecular complexity index is 267. The first-order valence-corrected chi connectivity index (χ1v) is 7.36. The molecule has 1 saturated heterocycles. The summed E-state index contributed by atoms with van der Waals surface area (Å²) in [6.45, 7) is 7.09. The molecule has 4 atom stereocenters. The monoisotopic (exact) mass is 238 g/mol. The van der Waals surface area contributed by atoms with Gasteiger partial charge in [0.15, 0.2) is 0 Å². The molecule has 2 saturated carbocycles. The molecule has 1 heterocycles. The summed E-state index contributed by atoms with van der Waals surface area (Å²) in [6.07, 6.45) is 5.04. The molecular weight excluding hydrogens is 212 g/mol. The van der Waals surface area contributed by atoms with E-state index in [0.29, 0.717) is 5.92 Å². The second-order valence-electron chi connectivity index (χ2n) is 6.57. The van der Waals surface area contributed by atoms with Crippen molar-refractivity contribution in [1.29, 1.82) is 0 Å². The Morgan fingerprint density at radius 1 is 1.24 bits per heavy atom. The summed E-state index contributed by atoms with van der Waals surface area (Å²) in [5.41, 5.74) is 0.